The Labute approximate surface area is 123 Å². The maximum Gasteiger partial charge on any atom is 0.138 e. The monoisotopic (exact) mass is 278 g/mol. The second kappa shape index (κ2) is 5.63. The Kier molecular flexibility index (Phi) is 4.44. The molecule has 0 amide bonds. The Balaban J connectivity index is 0.000000704. The highest BCUT2D eigenvalue weighted by atomic mass is 16.2. The van der Waals surface area contributed by atoms with E-state index in [1.165, 1.54) is 32.1 Å². The van der Waals surface area contributed by atoms with E-state index in [2.05, 4.69) is 26.8 Å². The van der Waals surface area contributed by atoms with Crippen molar-refractivity contribution in [1.29, 1.82) is 0 Å². The number of hydrogen-bond donors (Lipinski definition) is 1. The lowest BCUT2D eigenvalue weighted by Crippen LogP contribution is -2.48. The van der Waals surface area contributed by atoms with Crippen LogP contribution in [0.4, 0.5) is 0 Å². The van der Waals surface area contributed by atoms with Gasteiger partial charge < -0.3 is 5.11 Å². The Morgan fingerprint density at radius 3 is 2.55 bits per heavy atom. The molecule has 3 aliphatic rings. The van der Waals surface area contributed by atoms with Gasteiger partial charge in [-0.15, -0.1) is 0 Å². The van der Waals surface area contributed by atoms with Crippen molar-refractivity contribution in [2.45, 2.75) is 65.7 Å². The molecule has 0 aromatic heterocycles. The molecule has 1 N–H and O–H groups in total. The predicted molar refractivity (Wildman–Crippen MR) is 82.4 cm³/mol. The highest BCUT2D eigenvalue weighted by molar-refractivity contribution is 5.85. The van der Waals surface area contributed by atoms with Crippen LogP contribution in [0.3, 0.4) is 0 Å². The number of hydrogen-bond acceptors (Lipinski definition) is 2. The molecule has 0 bridgehead atoms. The first-order valence-corrected chi connectivity index (χ1v) is 8.14. The van der Waals surface area contributed by atoms with Crippen molar-refractivity contribution in [3.05, 3.63) is 11.6 Å². The van der Waals surface area contributed by atoms with Crippen molar-refractivity contribution in [3.8, 4) is 0 Å². The Bertz CT molecular complexity index is 408. The lowest BCUT2D eigenvalue weighted by atomic mass is 9.50. The molecule has 0 aromatic rings. The molecule has 2 saturated carbocycles. The summed E-state index contributed by atoms with van der Waals surface area (Å²) in [5.41, 5.74) is 2.11. The van der Waals surface area contributed by atoms with E-state index < -0.39 is 0 Å². The van der Waals surface area contributed by atoms with Crippen LogP contribution >= 0.6 is 0 Å². The van der Waals surface area contributed by atoms with Crippen LogP contribution in [0, 0.1) is 22.7 Å². The van der Waals surface area contributed by atoms with E-state index in [4.69, 9.17) is 5.11 Å². The van der Waals surface area contributed by atoms with Gasteiger partial charge in [0, 0.05) is 18.9 Å². The van der Waals surface area contributed by atoms with Crippen LogP contribution in [-0.2, 0) is 4.79 Å². The zero-order valence-corrected chi connectivity index (χ0v) is 13.5. The molecular weight excluding hydrogens is 248 g/mol. The van der Waals surface area contributed by atoms with Crippen molar-refractivity contribution in [1.82, 2.24) is 0 Å². The van der Waals surface area contributed by atoms with Crippen molar-refractivity contribution in [3.63, 3.8) is 0 Å². The molecule has 3 aliphatic carbocycles. The van der Waals surface area contributed by atoms with Gasteiger partial charge in [0.25, 0.3) is 0 Å². The minimum atomic E-state index is -0.0808. The summed E-state index contributed by atoms with van der Waals surface area (Å²) in [6, 6.07) is 0. The number of ketones is 1. The molecule has 0 aromatic carbocycles. The summed E-state index contributed by atoms with van der Waals surface area (Å²) < 4.78 is 0. The molecule has 2 nitrogen and oxygen atoms in total. The first kappa shape index (κ1) is 15.8. The maximum absolute atomic E-state index is 12.2. The van der Waals surface area contributed by atoms with Gasteiger partial charge in [0.05, 0.1) is 0 Å². The van der Waals surface area contributed by atoms with E-state index in [1.807, 2.05) is 0 Å². The summed E-state index contributed by atoms with van der Waals surface area (Å²) in [6.07, 6.45) is 11.0. The molecule has 0 aliphatic heterocycles. The SMILES string of the molecule is CC12CCCC=C1C1CCC(=O)C(C)(C)C1CC2.CO. The Morgan fingerprint density at radius 1 is 1.15 bits per heavy atom. The average molecular weight is 278 g/mol. The lowest BCUT2D eigenvalue weighted by Gasteiger charge is -2.54. The third-order valence-corrected chi connectivity index (χ3v) is 6.21. The fourth-order valence-electron chi connectivity index (χ4n) is 4.94. The Hall–Kier alpha value is -0.630. The van der Waals surface area contributed by atoms with Crippen LogP contribution in [0.2, 0.25) is 0 Å². The number of aliphatic hydroxyl groups is 1. The summed E-state index contributed by atoms with van der Waals surface area (Å²) in [5.74, 6) is 1.82. The molecule has 20 heavy (non-hydrogen) atoms. The molecule has 2 fully saturated rings. The minimum absolute atomic E-state index is 0.0808. The number of carbonyl (C=O) groups is 1. The highest BCUT2D eigenvalue weighted by Crippen LogP contribution is 2.58. The van der Waals surface area contributed by atoms with E-state index >= 15 is 0 Å². The smallest absolute Gasteiger partial charge is 0.138 e. The van der Waals surface area contributed by atoms with Crippen LogP contribution < -0.4 is 0 Å². The quantitative estimate of drug-likeness (QED) is 0.677. The van der Waals surface area contributed by atoms with Gasteiger partial charge in [-0.3, -0.25) is 4.79 Å². The first-order chi connectivity index (χ1) is 9.45. The Morgan fingerprint density at radius 2 is 1.85 bits per heavy atom. The second-order valence-corrected chi connectivity index (χ2v) is 7.55. The van der Waals surface area contributed by atoms with E-state index in [0.29, 0.717) is 23.0 Å². The topological polar surface area (TPSA) is 37.3 Å². The van der Waals surface area contributed by atoms with Gasteiger partial charge in [0.1, 0.15) is 5.78 Å². The highest BCUT2D eigenvalue weighted by Gasteiger charge is 2.51. The second-order valence-electron chi connectivity index (χ2n) is 7.55. The lowest BCUT2D eigenvalue weighted by molar-refractivity contribution is -0.136. The summed E-state index contributed by atoms with van der Waals surface area (Å²) in [4.78, 5) is 12.2. The molecule has 3 unspecified atom stereocenters. The average Bonchev–Trinajstić information content (AvgIpc) is 2.44. The van der Waals surface area contributed by atoms with Gasteiger partial charge in [0.2, 0.25) is 0 Å². The number of fused-ring (bicyclic) bond motifs is 3. The van der Waals surface area contributed by atoms with Gasteiger partial charge in [-0.2, -0.15) is 0 Å². The number of aliphatic hydroxyl groups excluding tert-OH is 1. The summed E-state index contributed by atoms with van der Waals surface area (Å²) in [7, 11) is 1.00. The number of carbonyl (C=O) groups excluding carboxylic acids is 1. The van der Waals surface area contributed by atoms with Crippen LogP contribution in [0.1, 0.15) is 65.7 Å². The fraction of sp³-hybridized carbons (Fsp3) is 0.833. The molecular formula is C18H30O2. The molecule has 0 radical (unpaired) electrons. The van der Waals surface area contributed by atoms with Gasteiger partial charge in [0.15, 0.2) is 0 Å². The maximum atomic E-state index is 12.2. The van der Waals surface area contributed by atoms with E-state index in [1.54, 1.807) is 5.57 Å². The molecule has 2 heteroatoms. The number of allylic oxidation sites excluding steroid dienone is 2. The van der Waals surface area contributed by atoms with Gasteiger partial charge in [-0.05, 0) is 55.8 Å². The molecule has 0 spiro atoms. The largest absolute Gasteiger partial charge is 0.400 e. The van der Waals surface area contributed by atoms with Crippen LogP contribution in [0.5, 0.6) is 0 Å². The van der Waals surface area contributed by atoms with E-state index in [-0.39, 0.29) is 5.41 Å². The zero-order chi connectivity index (χ0) is 15.0. The third kappa shape index (κ3) is 2.36. The zero-order valence-electron chi connectivity index (χ0n) is 13.5. The standard InChI is InChI=1S/C17H26O.CH4O/c1-16(2)13-9-11-17(3)10-5-4-6-14(17)12(13)7-8-15(16)18;1-2/h6,12-13H,4-5,7-11H2,1-3H3;2H,1H3. The summed E-state index contributed by atoms with van der Waals surface area (Å²) in [5, 5.41) is 7.00. The van der Waals surface area contributed by atoms with Gasteiger partial charge >= 0.3 is 0 Å². The van der Waals surface area contributed by atoms with Gasteiger partial charge in [-0.1, -0.05) is 32.4 Å². The van der Waals surface area contributed by atoms with Crippen molar-refractivity contribution in [2.75, 3.05) is 7.11 Å². The molecule has 0 saturated heterocycles. The van der Waals surface area contributed by atoms with Crippen molar-refractivity contribution >= 4 is 5.78 Å². The first-order valence-electron chi connectivity index (χ1n) is 8.14. The van der Waals surface area contributed by atoms with E-state index in [0.717, 1.165) is 20.0 Å². The fourth-order valence-corrected chi connectivity index (χ4v) is 4.94. The predicted octanol–water partition coefficient (Wildman–Crippen LogP) is 4.13. The number of Topliss-reactive ketones (excluding diaryl/α,β-unsaturated/α-hetero) is 1. The minimum Gasteiger partial charge on any atom is -0.400 e. The molecule has 3 atom stereocenters. The van der Waals surface area contributed by atoms with Crippen molar-refractivity contribution in [2.24, 2.45) is 22.7 Å². The summed E-state index contributed by atoms with van der Waals surface area (Å²) in [6.45, 7) is 6.86. The molecule has 114 valence electrons. The summed E-state index contributed by atoms with van der Waals surface area (Å²) >= 11 is 0. The normalized spacial score (nSPS) is 38.9. The van der Waals surface area contributed by atoms with Crippen LogP contribution in [-0.4, -0.2) is 18.0 Å². The number of rotatable bonds is 0. The van der Waals surface area contributed by atoms with Crippen LogP contribution in [0.15, 0.2) is 11.6 Å². The van der Waals surface area contributed by atoms with Crippen molar-refractivity contribution < 1.29 is 9.90 Å². The third-order valence-electron chi connectivity index (χ3n) is 6.21. The molecule has 3 rings (SSSR count). The molecule has 0 heterocycles. The van der Waals surface area contributed by atoms with Crippen LogP contribution in [0.25, 0.3) is 0 Å². The van der Waals surface area contributed by atoms with Gasteiger partial charge in [-0.25, -0.2) is 0 Å². The van der Waals surface area contributed by atoms with E-state index in [9.17, 15) is 4.79 Å².